The van der Waals surface area contributed by atoms with Crippen molar-refractivity contribution in [2.45, 2.75) is 38.5 Å². The lowest BCUT2D eigenvalue weighted by Crippen LogP contribution is -2.44. The fourth-order valence-electron chi connectivity index (χ4n) is 3.70. The molecule has 0 amide bonds. The molecule has 12 heteroatoms. The van der Waals surface area contributed by atoms with Crippen LogP contribution in [0.25, 0.3) is 0 Å². The summed E-state index contributed by atoms with van der Waals surface area (Å²) in [6.45, 7) is 4.11. The molecule has 6 nitrogen and oxygen atoms in total. The molecule has 188 valence electrons. The molecule has 1 aromatic rings. The van der Waals surface area contributed by atoms with E-state index in [-0.39, 0.29) is 0 Å². The first-order chi connectivity index (χ1) is 15.4. The molecule has 0 bridgehead atoms. The summed E-state index contributed by atoms with van der Waals surface area (Å²) in [6.07, 6.45) is -8.11. The van der Waals surface area contributed by atoms with Gasteiger partial charge >= 0.3 is 12.4 Å². The number of rotatable bonds is 9. The molecule has 1 heterocycles. The summed E-state index contributed by atoms with van der Waals surface area (Å²) in [5.41, 5.74) is 2.73. The third-order valence-corrected chi connectivity index (χ3v) is 5.50. The number of hydroxylamine groups is 1. The fraction of sp³-hybridized carbons (Fsp3) is 0.667. The van der Waals surface area contributed by atoms with E-state index in [1.165, 1.54) is 7.05 Å². The lowest BCUT2D eigenvalue weighted by atomic mass is 9.96. The van der Waals surface area contributed by atoms with Crippen LogP contribution in [0, 0.1) is 12.8 Å². The second kappa shape index (κ2) is 12.0. The quantitative estimate of drug-likeness (QED) is 0.216. The van der Waals surface area contributed by atoms with Gasteiger partial charge in [0.15, 0.2) is 0 Å². The van der Waals surface area contributed by atoms with Crippen LogP contribution in [0.5, 0.6) is 0 Å². The Bertz CT molecular complexity index is 775. The van der Waals surface area contributed by atoms with Crippen molar-refractivity contribution in [1.29, 1.82) is 0 Å². The van der Waals surface area contributed by atoms with E-state index < -0.39 is 30.9 Å². The highest BCUT2D eigenvalue weighted by atomic mass is 19.4. The lowest BCUT2D eigenvalue weighted by molar-refractivity contribution is -0.183. The minimum Gasteiger partial charge on any atom is -0.370 e. The predicted octanol–water partition coefficient (Wildman–Crippen LogP) is 3.84. The van der Waals surface area contributed by atoms with Crippen LogP contribution in [-0.4, -0.2) is 73.6 Å². The van der Waals surface area contributed by atoms with Crippen LogP contribution in [0.1, 0.15) is 36.0 Å². The van der Waals surface area contributed by atoms with Crippen LogP contribution < -0.4 is 10.7 Å². The number of amidine groups is 1. The number of hydrogen-bond acceptors (Lipinski definition) is 5. The summed E-state index contributed by atoms with van der Waals surface area (Å²) in [5, 5.41) is 13.1. The Balaban J connectivity index is 1.74. The maximum Gasteiger partial charge on any atom is 0.416 e. The number of aryl methyl sites for hydroxylation is 1. The molecule has 0 spiro atoms. The van der Waals surface area contributed by atoms with E-state index >= 15 is 0 Å². The molecule has 1 aliphatic rings. The van der Waals surface area contributed by atoms with Gasteiger partial charge in [0.1, 0.15) is 5.84 Å². The Hall–Kier alpha value is -1.89. The van der Waals surface area contributed by atoms with E-state index in [4.69, 9.17) is 0 Å². The Morgan fingerprint density at radius 2 is 1.82 bits per heavy atom. The Kier molecular flexibility index (Phi) is 9.95. The van der Waals surface area contributed by atoms with Crippen molar-refractivity contribution < 1.29 is 31.5 Å². The van der Waals surface area contributed by atoms with Gasteiger partial charge in [0.25, 0.3) is 0 Å². The number of benzene rings is 1. The van der Waals surface area contributed by atoms with Crippen LogP contribution >= 0.6 is 0 Å². The first-order valence-corrected chi connectivity index (χ1v) is 10.8. The van der Waals surface area contributed by atoms with Crippen molar-refractivity contribution in [3.63, 3.8) is 0 Å². The smallest absolute Gasteiger partial charge is 0.370 e. The number of likely N-dealkylation sites (tertiary alicyclic amines) is 1. The second-order valence-corrected chi connectivity index (χ2v) is 8.22. The summed E-state index contributed by atoms with van der Waals surface area (Å²) < 4.78 is 75.8. The molecule has 0 atom stereocenters. The third kappa shape index (κ3) is 9.86. The summed E-state index contributed by atoms with van der Waals surface area (Å²) in [4.78, 5) is 6.27. The molecule has 2 rings (SSSR count). The SMILES string of the molecule is CN=C(NCC1CCN(CCNN(O)CCC(F)(F)F)CC1)c1cc(C)cc(C(F)(F)F)c1. The first kappa shape index (κ1) is 27.4. The van der Waals surface area contributed by atoms with Gasteiger partial charge in [0.05, 0.1) is 12.0 Å². The zero-order chi connectivity index (χ0) is 24.6. The van der Waals surface area contributed by atoms with Gasteiger partial charge in [-0.15, -0.1) is 5.17 Å². The van der Waals surface area contributed by atoms with E-state index in [1.807, 2.05) is 0 Å². The molecular formula is C21H31F6N5O. The number of hydrogen-bond donors (Lipinski definition) is 3. The molecular weight excluding hydrogens is 452 g/mol. The molecule has 0 radical (unpaired) electrons. The molecule has 33 heavy (non-hydrogen) atoms. The van der Waals surface area contributed by atoms with Crippen molar-refractivity contribution in [2.24, 2.45) is 10.9 Å². The third-order valence-electron chi connectivity index (χ3n) is 5.50. The minimum absolute atomic E-state index is 0.318. The van der Waals surface area contributed by atoms with Crippen LogP contribution in [0.15, 0.2) is 23.2 Å². The van der Waals surface area contributed by atoms with Gasteiger partial charge in [-0.3, -0.25) is 10.2 Å². The Morgan fingerprint density at radius 1 is 1.15 bits per heavy atom. The molecule has 1 saturated heterocycles. The molecule has 0 unspecified atom stereocenters. The molecule has 0 aromatic heterocycles. The summed E-state index contributed by atoms with van der Waals surface area (Å²) in [6, 6.07) is 3.87. The second-order valence-electron chi connectivity index (χ2n) is 8.22. The van der Waals surface area contributed by atoms with E-state index in [0.29, 0.717) is 47.7 Å². The molecule has 0 aliphatic carbocycles. The van der Waals surface area contributed by atoms with Crippen molar-refractivity contribution in [1.82, 2.24) is 20.8 Å². The number of aliphatic imine (C=N–C) groups is 1. The van der Waals surface area contributed by atoms with Gasteiger partial charge < -0.3 is 10.2 Å². The molecule has 1 aromatic carbocycles. The zero-order valence-electron chi connectivity index (χ0n) is 18.7. The number of nitrogens with one attached hydrogen (secondary N) is 2. The van der Waals surface area contributed by atoms with Gasteiger partial charge in [-0.1, -0.05) is 0 Å². The topological polar surface area (TPSA) is 63.1 Å². The van der Waals surface area contributed by atoms with Crippen molar-refractivity contribution in [3.8, 4) is 0 Å². The summed E-state index contributed by atoms with van der Waals surface area (Å²) in [7, 11) is 1.53. The standard InChI is InChI=1S/C21H31F6N5O/c1-15-11-17(13-18(12-15)21(25,26)27)19(28-2)29-14-16-3-7-31(8-4-16)10-6-30-32(33)9-5-20(22,23)24/h11-13,16,30,33H,3-10,14H2,1-2H3,(H,28,29). The van der Waals surface area contributed by atoms with E-state index in [2.05, 4.69) is 20.6 Å². The Morgan fingerprint density at radius 3 is 2.39 bits per heavy atom. The highest BCUT2D eigenvalue weighted by molar-refractivity contribution is 5.99. The van der Waals surface area contributed by atoms with Gasteiger partial charge in [-0.25, -0.2) is 5.43 Å². The number of hydrazine groups is 1. The number of nitrogens with zero attached hydrogens (tertiary/aromatic N) is 3. The summed E-state index contributed by atoms with van der Waals surface area (Å²) in [5.74, 6) is 0.733. The van der Waals surface area contributed by atoms with Gasteiger partial charge in [-0.2, -0.15) is 26.3 Å². The average molecular weight is 484 g/mol. The number of piperidine rings is 1. The fourth-order valence-corrected chi connectivity index (χ4v) is 3.70. The van der Waals surface area contributed by atoms with E-state index in [1.54, 1.807) is 13.0 Å². The highest BCUT2D eigenvalue weighted by Crippen LogP contribution is 2.30. The number of alkyl halides is 6. The summed E-state index contributed by atoms with van der Waals surface area (Å²) >= 11 is 0. The maximum atomic E-state index is 13.1. The van der Waals surface area contributed by atoms with Gasteiger partial charge in [0, 0.05) is 38.8 Å². The normalized spacial score (nSPS) is 17.1. The monoisotopic (exact) mass is 483 g/mol. The van der Waals surface area contributed by atoms with Crippen LogP contribution in [0.4, 0.5) is 26.3 Å². The van der Waals surface area contributed by atoms with E-state index in [9.17, 15) is 31.5 Å². The highest BCUT2D eigenvalue weighted by Gasteiger charge is 2.31. The van der Waals surface area contributed by atoms with Crippen LogP contribution in [0.2, 0.25) is 0 Å². The largest absolute Gasteiger partial charge is 0.416 e. The van der Waals surface area contributed by atoms with E-state index in [0.717, 1.165) is 38.1 Å². The molecule has 1 fully saturated rings. The van der Waals surface area contributed by atoms with Crippen molar-refractivity contribution in [3.05, 3.63) is 34.9 Å². The first-order valence-electron chi connectivity index (χ1n) is 10.8. The molecule has 1 aliphatic heterocycles. The van der Waals surface area contributed by atoms with Gasteiger partial charge in [-0.05, 0) is 62.5 Å². The zero-order valence-corrected chi connectivity index (χ0v) is 18.7. The van der Waals surface area contributed by atoms with Crippen LogP contribution in [0.3, 0.4) is 0 Å². The molecule has 0 saturated carbocycles. The lowest BCUT2D eigenvalue weighted by Gasteiger charge is -2.32. The van der Waals surface area contributed by atoms with Crippen LogP contribution in [-0.2, 0) is 6.18 Å². The minimum atomic E-state index is -4.42. The van der Waals surface area contributed by atoms with Gasteiger partial charge in [0.2, 0.25) is 0 Å². The Labute approximate surface area is 189 Å². The predicted molar refractivity (Wildman–Crippen MR) is 113 cm³/mol. The van der Waals surface area contributed by atoms with Crippen molar-refractivity contribution in [2.75, 3.05) is 46.3 Å². The van der Waals surface area contributed by atoms with Crippen molar-refractivity contribution >= 4 is 5.84 Å². The number of halogens is 6. The average Bonchev–Trinajstić information content (AvgIpc) is 2.72. The maximum absolute atomic E-state index is 13.1. The molecule has 3 N–H and O–H groups in total.